The molecule has 3 N–H and O–H groups in total. The molecular formula is C28H27N7O2S. The number of carbonyl (C=O) groups is 2. The van der Waals surface area contributed by atoms with Crippen LogP contribution < -0.4 is 15.5 Å². The van der Waals surface area contributed by atoms with Crippen LogP contribution in [0.3, 0.4) is 0 Å². The molecule has 0 saturated carbocycles. The van der Waals surface area contributed by atoms with Gasteiger partial charge in [0.05, 0.1) is 16.3 Å². The molecule has 0 unspecified atom stereocenters. The molecule has 192 valence electrons. The first kappa shape index (κ1) is 24.3. The average Bonchev–Trinajstić information content (AvgIpc) is 3.54. The highest BCUT2D eigenvalue weighted by molar-refractivity contribution is 8.18. The first-order valence-corrected chi connectivity index (χ1v) is 13.5. The van der Waals surface area contributed by atoms with Crippen LogP contribution in [-0.4, -0.2) is 50.7 Å². The third-order valence-corrected chi connectivity index (χ3v) is 7.76. The van der Waals surface area contributed by atoms with E-state index in [0.717, 1.165) is 67.6 Å². The molecule has 3 aromatic heterocycles. The van der Waals surface area contributed by atoms with Gasteiger partial charge in [0.2, 0.25) is 5.95 Å². The van der Waals surface area contributed by atoms with Crippen molar-refractivity contribution in [3.05, 3.63) is 77.2 Å². The lowest BCUT2D eigenvalue weighted by atomic mass is 9.96. The highest BCUT2D eigenvalue weighted by Crippen LogP contribution is 2.27. The Morgan fingerprint density at radius 3 is 2.82 bits per heavy atom. The number of aromatic amines is 1. The molecule has 2 aliphatic rings. The summed E-state index contributed by atoms with van der Waals surface area (Å²) in [6.07, 6.45) is 9.22. The molecule has 10 heteroatoms. The van der Waals surface area contributed by atoms with Crippen LogP contribution >= 0.6 is 11.8 Å². The SMILES string of the molecule is O=C1NC(=O)C(=Cc2ccnc(N3CCC(CNCc4cccnc4-c4ccc5[nH]ccc5c4)CC3)n2)S1. The number of hydrogen-bond donors (Lipinski definition) is 3. The standard InChI is InChI=1S/C28H27N7O2S/c36-26-24(38-28(37)34-26)15-22-6-11-32-27(33-22)35-12-7-18(8-13-35)16-29-17-21-2-1-9-31-25(21)20-3-4-23-19(14-20)5-10-30-23/h1-6,9-11,14-15,18,29-30H,7-8,12-13,16-17H2,(H,34,36,37). The number of nitrogens with zero attached hydrogens (tertiary/aromatic N) is 4. The average molecular weight is 526 g/mol. The lowest BCUT2D eigenvalue weighted by molar-refractivity contribution is -0.115. The Hall–Kier alpha value is -4.02. The van der Waals surface area contributed by atoms with Crippen molar-refractivity contribution < 1.29 is 9.59 Å². The van der Waals surface area contributed by atoms with Crippen LogP contribution in [0.2, 0.25) is 0 Å². The first-order chi connectivity index (χ1) is 18.6. The summed E-state index contributed by atoms with van der Waals surface area (Å²) in [6.45, 7) is 3.44. The fourth-order valence-corrected chi connectivity index (χ4v) is 5.61. The number of pyridine rings is 1. The molecule has 2 aliphatic heterocycles. The molecule has 0 bridgehead atoms. The van der Waals surface area contributed by atoms with E-state index in [4.69, 9.17) is 0 Å². The third-order valence-electron chi connectivity index (χ3n) is 6.95. The smallest absolute Gasteiger partial charge is 0.290 e. The molecule has 4 aromatic rings. The van der Waals surface area contributed by atoms with Crippen molar-refractivity contribution in [3.8, 4) is 11.3 Å². The number of thioether (sulfide) groups is 1. The number of hydrogen-bond acceptors (Lipinski definition) is 8. The summed E-state index contributed by atoms with van der Waals surface area (Å²) in [5.74, 6) is 0.839. The summed E-state index contributed by atoms with van der Waals surface area (Å²) in [5, 5.41) is 6.75. The van der Waals surface area contributed by atoms with E-state index >= 15 is 0 Å². The zero-order chi connectivity index (χ0) is 25.9. The number of amides is 2. The molecule has 2 amide bonds. The number of piperidine rings is 1. The van der Waals surface area contributed by atoms with Crippen molar-refractivity contribution in [2.75, 3.05) is 24.5 Å². The quantitative estimate of drug-likeness (QED) is 0.305. The largest absolute Gasteiger partial charge is 0.361 e. The van der Waals surface area contributed by atoms with E-state index in [1.807, 2.05) is 18.5 Å². The second-order valence-corrected chi connectivity index (χ2v) is 10.5. The van der Waals surface area contributed by atoms with E-state index < -0.39 is 0 Å². The zero-order valence-electron chi connectivity index (χ0n) is 20.7. The Labute approximate surface area is 224 Å². The molecule has 38 heavy (non-hydrogen) atoms. The third kappa shape index (κ3) is 5.32. The Morgan fingerprint density at radius 2 is 1.97 bits per heavy atom. The van der Waals surface area contributed by atoms with E-state index in [0.29, 0.717) is 22.5 Å². The monoisotopic (exact) mass is 525 g/mol. The maximum Gasteiger partial charge on any atom is 0.290 e. The number of fused-ring (bicyclic) bond motifs is 1. The highest BCUT2D eigenvalue weighted by Gasteiger charge is 2.26. The minimum absolute atomic E-state index is 0.353. The summed E-state index contributed by atoms with van der Waals surface area (Å²) < 4.78 is 0. The zero-order valence-corrected chi connectivity index (χ0v) is 21.5. The second kappa shape index (κ2) is 10.8. The van der Waals surface area contributed by atoms with Gasteiger partial charge in [-0.15, -0.1) is 0 Å². The molecule has 2 fully saturated rings. The van der Waals surface area contributed by atoms with Crippen LogP contribution in [0, 0.1) is 5.92 Å². The van der Waals surface area contributed by atoms with Gasteiger partial charge in [-0.25, -0.2) is 9.97 Å². The van der Waals surface area contributed by atoms with Crippen LogP contribution in [0.25, 0.3) is 28.2 Å². The van der Waals surface area contributed by atoms with Gasteiger partial charge in [0.25, 0.3) is 11.1 Å². The fourth-order valence-electron chi connectivity index (χ4n) is 4.94. The maximum absolute atomic E-state index is 11.8. The van der Waals surface area contributed by atoms with E-state index in [2.05, 4.69) is 65.8 Å². The number of benzene rings is 1. The van der Waals surface area contributed by atoms with Gasteiger partial charge in [0.15, 0.2) is 0 Å². The van der Waals surface area contributed by atoms with Gasteiger partial charge in [-0.2, -0.15) is 0 Å². The molecule has 1 aromatic carbocycles. The van der Waals surface area contributed by atoms with Crippen molar-refractivity contribution in [3.63, 3.8) is 0 Å². The topological polar surface area (TPSA) is 116 Å². The minimum atomic E-state index is -0.381. The van der Waals surface area contributed by atoms with Crippen LogP contribution in [0.5, 0.6) is 0 Å². The number of imide groups is 1. The predicted octanol–water partition coefficient (Wildman–Crippen LogP) is 4.35. The molecule has 2 saturated heterocycles. The van der Waals surface area contributed by atoms with E-state index in [1.54, 1.807) is 18.3 Å². The van der Waals surface area contributed by atoms with E-state index in [9.17, 15) is 9.59 Å². The number of carbonyl (C=O) groups excluding carboxylic acids is 2. The van der Waals surface area contributed by atoms with Crippen LogP contribution in [0.1, 0.15) is 24.1 Å². The van der Waals surface area contributed by atoms with Crippen molar-refractivity contribution in [2.45, 2.75) is 19.4 Å². The highest BCUT2D eigenvalue weighted by atomic mass is 32.2. The molecule has 0 atom stereocenters. The van der Waals surface area contributed by atoms with Crippen molar-refractivity contribution >= 4 is 45.8 Å². The summed E-state index contributed by atoms with van der Waals surface area (Å²) in [5.41, 5.74) is 5.08. The normalized spacial score (nSPS) is 17.5. The van der Waals surface area contributed by atoms with Crippen molar-refractivity contribution in [1.29, 1.82) is 0 Å². The molecule has 0 radical (unpaired) electrons. The number of anilines is 1. The Morgan fingerprint density at radius 1 is 1.08 bits per heavy atom. The van der Waals surface area contributed by atoms with Gasteiger partial charge in [-0.1, -0.05) is 12.1 Å². The lowest BCUT2D eigenvalue weighted by Gasteiger charge is -2.32. The summed E-state index contributed by atoms with van der Waals surface area (Å²) in [7, 11) is 0. The molecule has 0 aliphatic carbocycles. The molecule has 6 rings (SSSR count). The van der Waals surface area contributed by atoms with Crippen LogP contribution in [0.4, 0.5) is 10.7 Å². The second-order valence-electron chi connectivity index (χ2n) is 9.49. The van der Waals surface area contributed by atoms with E-state index in [-0.39, 0.29) is 11.1 Å². The summed E-state index contributed by atoms with van der Waals surface area (Å²) in [6, 6.07) is 14.4. The Bertz CT molecular complexity index is 1520. The van der Waals surface area contributed by atoms with Gasteiger partial charge in [-0.05, 0) is 79.0 Å². The molecule has 5 heterocycles. The first-order valence-electron chi connectivity index (χ1n) is 12.7. The van der Waals surface area contributed by atoms with Gasteiger partial charge in [0.1, 0.15) is 0 Å². The van der Waals surface area contributed by atoms with Gasteiger partial charge in [0, 0.05) is 54.7 Å². The van der Waals surface area contributed by atoms with Crippen molar-refractivity contribution in [2.24, 2.45) is 5.92 Å². The van der Waals surface area contributed by atoms with Gasteiger partial charge < -0.3 is 15.2 Å². The minimum Gasteiger partial charge on any atom is -0.361 e. The van der Waals surface area contributed by atoms with Crippen LogP contribution in [0.15, 0.2) is 66.0 Å². The van der Waals surface area contributed by atoms with Gasteiger partial charge >= 0.3 is 0 Å². The number of aromatic nitrogens is 4. The number of H-pyrrole nitrogens is 1. The van der Waals surface area contributed by atoms with E-state index in [1.165, 1.54) is 10.9 Å². The van der Waals surface area contributed by atoms with Crippen LogP contribution in [-0.2, 0) is 11.3 Å². The maximum atomic E-state index is 11.8. The van der Waals surface area contributed by atoms with Gasteiger partial charge in [-0.3, -0.25) is 19.9 Å². The Balaban J connectivity index is 1.03. The predicted molar refractivity (Wildman–Crippen MR) is 149 cm³/mol. The summed E-state index contributed by atoms with van der Waals surface area (Å²) in [4.78, 5) is 42.8. The fraction of sp³-hybridized carbons (Fsp3) is 0.250. The summed E-state index contributed by atoms with van der Waals surface area (Å²) >= 11 is 0.892. The molecular weight excluding hydrogens is 498 g/mol. The number of rotatable bonds is 7. The van der Waals surface area contributed by atoms with Crippen molar-refractivity contribution in [1.82, 2.24) is 30.6 Å². The molecule has 0 spiro atoms. The Kier molecular flexibility index (Phi) is 6.89. The lowest BCUT2D eigenvalue weighted by Crippen LogP contribution is -2.38. The number of nitrogens with one attached hydrogen (secondary N) is 3. The molecule has 9 nitrogen and oxygen atoms in total.